The average Bonchev–Trinajstić information content (AvgIpc) is 3.37. The molecule has 0 radical (unpaired) electrons. The maximum atomic E-state index is 13.0. The summed E-state index contributed by atoms with van der Waals surface area (Å²) in [6.07, 6.45) is 7.39. The first-order chi connectivity index (χ1) is 12.4. The van der Waals surface area contributed by atoms with Crippen molar-refractivity contribution in [3.05, 3.63) is 33.8 Å². The van der Waals surface area contributed by atoms with Crippen LogP contribution in [0.2, 0.25) is 10.0 Å². The van der Waals surface area contributed by atoms with Crippen LogP contribution in [0.5, 0.6) is 0 Å². The molecule has 3 rings (SSSR count). The Morgan fingerprint density at radius 1 is 1.23 bits per heavy atom. The summed E-state index contributed by atoms with van der Waals surface area (Å²) in [6.45, 7) is 1.60. The van der Waals surface area contributed by atoms with E-state index in [0.717, 1.165) is 31.7 Å². The van der Waals surface area contributed by atoms with E-state index in [1.807, 2.05) is 11.2 Å². The molecule has 1 aliphatic heterocycles. The largest absolute Gasteiger partial charge is 0.341 e. The van der Waals surface area contributed by atoms with Gasteiger partial charge in [0.2, 0.25) is 5.91 Å². The fourth-order valence-corrected chi connectivity index (χ4v) is 4.47. The number of carbonyl (C=O) groups is 2. The van der Waals surface area contributed by atoms with Gasteiger partial charge in [0.1, 0.15) is 6.04 Å². The Labute approximate surface area is 169 Å². The molecule has 1 unspecified atom stereocenters. The smallest absolute Gasteiger partial charge is 0.253 e. The molecule has 1 N–H and O–H groups in total. The molecule has 26 heavy (non-hydrogen) atoms. The van der Waals surface area contributed by atoms with E-state index in [0.29, 0.717) is 27.4 Å². The van der Waals surface area contributed by atoms with Gasteiger partial charge in [-0.3, -0.25) is 9.59 Å². The fraction of sp³-hybridized carbons (Fsp3) is 0.579. The number of nitrogens with zero attached hydrogens (tertiary/aromatic N) is 1. The quantitative estimate of drug-likeness (QED) is 0.756. The van der Waals surface area contributed by atoms with Gasteiger partial charge in [0.25, 0.3) is 5.91 Å². The summed E-state index contributed by atoms with van der Waals surface area (Å²) in [5.41, 5.74) is 0.861. The van der Waals surface area contributed by atoms with Crippen molar-refractivity contribution >= 4 is 46.8 Å². The normalized spacial score (nSPS) is 19.3. The topological polar surface area (TPSA) is 49.4 Å². The molecular formula is C19H24Cl2N2O2S. The van der Waals surface area contributed by atoms with Crippen molar-refractivity contribution in [2.75, 3.05) is 25.1 Å². The molecule has 1 saturated carbocycles. The molecule has 2 amide bonds. The van der Waals surface area contributed by atoms with Crippen LogP contribution in [0.25, 0.3) is 0 Å². The van der Waals surface area contributed by atoms with Crippen LogP contribution >= 0.6 is 35.0 Å². The van der Waals surface area contributed by atoms with Crippen LogP contribution < -0.4 is 5.32 Å². The second kappa shape index (κ2) is 8.41. The lowest BCUT2D eigenvalue weighted by Gasteiger charge is -2.34. The van der Waals surface area contributed by atoms with Gasteiger partial charge in [0.15, 0.2) is 0 Å². The van der Waals surface area contributed by atoms with Crippen molar-refractivity contribution in [3.63, 3.8) is 0 Å². The second-order valence-corrected chi connectivity index (χ2v) is 9.09. The Kier molecular flexibility index (Phi) is 6.41. The molecule has 2 fully saturated rings. The molecule has 0 aromatic heterocycles. The minimum absolute atomic E-state index is 0.0213. The van der Waals surface area contributed by atoms with Crippen LogP contribution in [-0.4, -0.2) is 47.9 Å². The number of benzene rings is 1. The number of nitrogens with one attached hydrogen (secondary N) is 1. The predicted molar refractivity (Wildman–Crippen MR) is 108 cm³/mol. The van der Waals surface area contributed by atoms with Crippen LogP contribution in [0.1, 0.15) is 42.5 Å². The molecule has 4 nitrogen and oxygen atoms in total. The van der Waals surface area contributed by atoms with E-state index in [2.05, 4.69) is 5.32 Å². The van der Waals surface area contributed by atoms with Gasteiger partial charge in [-0.05, 0) is 67.7 Å². The molecule has 1 heterocycles. The fourth-order valence-electron chi connectivity index (χ4n) is 3.50. The number of rotatable bonds is 6. The van der Waals surface area contributed by atoms with Crippen molar-refractivity contribution in [1.29, 1.82) is 0 Å². The number of hydrogen-bond acceptors (Lipinski definition) is 3. The molecule has 1 aliphatic carbocycles. The zero-order valence-corrected chi connectivity index (χ0v) is 17.2. The lowest BCUT2D eigenvalue weighted by Crippen LogP contribution is -2.51. The summed E-state index contributed by atoms with van der Waals surface area (Å²) in [6, 6.07) is 4.24. The van der Waals surface area contributed by atoms with Gasteiger partial charge in [-0.2, -0.15) is 11.8 Å². The highest BCUT2D eigenvalue weighted by atomic mass is 35.5. The number of likely N-dealkylation sites (tertiary alicyclic amines) is 1. The number of halogens is 2. The molecule has 2 aliphatic rings. The summed E-state index contributed by atoms with van der Waals surface area (Å²) in [5.74, 6) is 0.498. The van der Waals surface area contributed by atoms with Gasteiger partial charge < -0.3 is 10.2 Å². The monoisotopic (exact) mass is 414 g/mol. The second-order valence-electron chi connectivity index (χ2n) is 7.26. The van der Waals surface area contributed by atoms with E-state index in [-0.39, 0.29) is 11.8 Å². The summed E-state index contributed by atoms with van der Waals surface area (Å²) >= 11 is 13.7. The van der Waals surface area contributed by atoms with E-state index < -0.39 is 6.04 Å². The minimum Gasteiger partial charge on any atom is -0.341 e. The zero-order valence-electron chi connectivity index (χ0n) is 14.9. The molecule has 1 aromatic carbocycles. The summed E-state index contributed by atoms with van der Waals surface area (Å²) < 4.78 is 0. The third kappa shape index (κ3) is 4.68. The number of carbonyl (C=O) groups excluding carboxylic acids is 2. The Morgan fingerprint density at radius 3 is 2.50 bits per heavy atom. The average molecular weight is 415 g/mol. The molecule has 1 spiro atoms. The molecule has 7 heteroatoms. The number of piperidine rings is 1. The first-order valence-electron chi connectivity index (χ1n) is 8.98. The van der Waals surface area contributed by atoms with Crippen LogP contribution in [0.3, 0.4) is 0 Å². The van der Waals surface area contributed by atoms with E-state index in [9.17, 15) is 9.59 Å². The maximum Gasteiger partial charge on any atom is 0.253 e. The molecule has 1 aromatic rings. The van der Waals surface area contributed by atoms with Crippen molar-refractivity contribution in [2.24, 2.45) is 5.41 Å². The van der Waals surface area contributed by atoms with Gasteiger partial charge in [-0.15, -0.1) is 0 Å². The predicted octanol–water partition coefficient (Wildman–Crippen LogP) is 4.25. The van der Waals surface area contributed by atoms with Crippen LogP contribution in [0, 0.1) is 5.41 Å². The molecule has 1 saturated heterocycles. The Balaban J connectivity index is 1.66. The third-order valence-electron chi connectivity index (χ3n) is 5.48. The highest BCUT2D eigenvalue weighted by Gasteiger charge is 2.45. The van der Waals surface area contributed by atoms with Gasteiger partial charge in [-0.25, -0.2) is 0 Å². The van der Waals surface area contributed by atoms with E-state index in [1.54, 1.807) is 23.9 Å². The lowest BCUT2D eigenvalue weighted by molar-refractivity contribution is -0.134. The summed E-state index contributed by atoms with van der Waals surface area (Å²) in [5, 5.41) is 3.66. The van der Waals surface area contributed by atoms with Crippen LogP contribution in [0.15, 0.2) is 18.2 Å². The van der Waals surface area contributed by atoms with E-state index in [1.165, 1.54) is 18.9 Å². The SMILES string of the molecule is CSCCC(NC(=O)c1ccc(Cl)cc1Cl)C(=O)N1CCC2(CC1)CC2. The standard InChI is InChI=1S/C19H24Cl2N2O2S/c1-26-11-4-16(18(25)23-9-7-19(5-6-19)8-10-23)22-17(24)14-3-2-13(20)12-15(14)21/h2-3,12,16H,4-11H2,1H3,(H,22,24). The lowest BCUT2D eigenvalue weighted by atomic mass is 9.93. The zero-order chi connectivity index (χ0) is 18.7. The van der Waals surface area contributed by atoms with Crippen molar-refractivity contribution in [2.45, 2.75) is 38.1 Å². The van der Waals surface area contributed by atoms with Crippen molar-refractivity contribution in [1.82, 2.24) is 10.2 Å². The Morgan fingerprint density at radius 2 is 1.92 bits per heavy atom. The van der Waals surface area contributed by atoms with Gasteiger partial charge in [0.05, 0.1) is 10.6 Å². The van der Waals surface area contributed by atoms with Gasteiger partial charge in [0, 0.05) is 18.1 Å². The molecule has 142 valence electrons. The van der Waals surface area contributed by atoms with Gasteiger partial charge >= 0.3 is 0 Å². The number of thioether (sulfide) groups is 1. The van der Waals surface area contributed by atoms with Gasteiger partial charge in [-0.1, -0.05) is 23.2 Å². The van der Waals surface area contributed by atoms with E-state index >= 15 is 0 Å². The van der Waals surface area contributed by atoms with Crippen LogP contribution in [-0.2, 0) is 4.79 Å². The van der Waals surface area contributed by atoms with Crippen molar-refractivity contribution in [3.8, 4) is 0 Å². The first-order valence-corrected chi connectivity index (χ1v) is 11.1. The minimum atomic E-state index is -0.519. The highest BCUT2D eigenvalue weighted by Crippen LogP contribution is 2.53. The van der Waals surface area contributed by atoms with Crippen LogP contribution in [0.4, 0.5) is 0 Å². The van der Waals surface area contributed by atoms with E-state index in [4.69, 9.17) is 23.2 Å². The Hall–Kier alpha value is -0.910. The molecule has 1 atom stereocenters. The third-order valence-corrected chi connectivity index (χ3v) is 6.67. The maximum absolute atomic E-state index is 13.0. The summed E-state index contributed by atoms with van der Waals surface area (Å²) in [7, 11) is 0. The number of hydrogen-bond donors (Lipinski definition) is 1. The summed E-state index contributed by atoms with van der Waals surface area (Å²) in [4.78, 5) is 27.5. The number of amides is 2. The molecular weight excluding hydrogens is 391 g/mol. The first kappa shape index (κ1) is 19.8. The Bertz CT molecular complexity index is 684. The van der Waals surface area contributed by atoms with Crippen molar-refractivity contribution < 1.29 is 9.59 Å². The highest BCUT2D eigenvalue weighted by molar-refractivity contribution is 7.98. The molecule has 0 bridgehead atoms.